The summed E-state index contributed by atoms with van der Waals surface area (Å²) in [4.78, 5) is 7.42. The van der Waals surface area contributed by atoms with Crippen molar-refractivity contribution in [1.29, 1.82) is 0 Å². The first-order valence-electron chi connectivity index (χ1n) is 11.7. The molecule has 3 heterocycles. The van der Waals surface area contributed by atoms with Crippen molar-refractivity contribution in [3.63, 3.8) is 0 Å². The number of benzene rings is 2. The fraction of sp³-hybridized carbons (Fsp3) is 0.520. The molecule has 2 aromatic rings. The Bertz CT molecular complexity index is 882. The van der Waals surface area contributed by atoms with Gasteiger partial charge in [0.1, 0.15) is 11.6 Å². The van der Waals surface area contributed by atoms with Gasteiger partial charge in [0, 0.05) is 62.6 Å². The van der Waals surface area contributed by atoms with E-state index in [0.29, 0.717) is 6.04 Å². The van der Waals surface area contributed by atoms with Crippen LogP contribution in [0.15, 0.2) is 42.5 Å². The molecule has 2 atom stereocenters. The van der Waals surface area contributed by atoms with Gasteiger partial charge in [0.25, 0.3) is 0 Å². The molecule has 0 saturated carbocycles. The lowest BCUT2D eigenvalue weighted by Gasteiger charge is -2.39. The number of nitrogens with zero attached hydrogens (tertiary/aromatic N) is 3. The number of hydrogen-bond acceptors (Lipinski definition) is 4. The average Bonchev–Trinajstić information content (AvgIpc) is 3.11. The summed E-state index contributed by atoms with van der Waals surface area (Å²) in [7, 11) is 0. The fourth-order valence-electron chi connectivity index (χ4n) is 5.58. The van der Waals surface area contributed by atoms with E-state index in [2.05, 4.69) is 20.0 Å². The molecular weight excluding hydrogens is 394 g/mol. The topological polar surface area (TPSA) is 21.8 Å². The average molecular weight is 427 g/mol. The summed E-state index contributed by atoms with van der Waals surface area (Å²) in [5.74, 6) is -0.112. The van der Waals surface area contributed by atoms with Gasteiger partial charge >= 0.3 is 0 Å². The van der Waals surface area contributed by atoms with Gasteiger partial charge < -0.3 is 20.0 Å². The summed E-state index contributed by atoms with van der Waals surface area (Å²) >= 11 is 0. The Kier molecular flexibility index (Phi) is 6.21. The zero-order valence-corrected chi connectivity index (χ0v) is 18.1. The van der Waals surface area contributed by atoms with Crippen LogP contribution in [0.3, 0.4) is 0 Å². The van der Waals surface area contributed by atoms with E-state index in [1.165, 1.54) is 31.5 Å². The molecule has 3 aliphatic rings. The molecule has 2 fully saturated rings. The standard InChI is InChI=1S/C25H32F2N4/c26-19-3-6-21(7-4-19)31-24-8-5-20(27)17-22(24)23-18-30(14-9-25(23)31)13-2-1-12-29-15-10-28-11-16-29/h3-8,17,23,25,28H,1-2,9-16,18H2/t23-,25+/m0/s1. The number of halogens is 2. The monoisotopic (exact) mass is 426 g/mol. The Morgan fingerprint density at radius 3 is 2.32 bits per heavy atom. The minimum Gasteiger partial charge on any atom is -0.337 e. The first-order chi connectivity index (χ1) is 15.2. The van der Waals surface area contributed by atoms with E-state index in [-0.39, 0.29) is 17.6 Å². The van der Waals surface area contributed by atoms with Crippen molar-refractivity contribution < 1.29 is 8.78 Å². The number of nitrogens with one attached hydrogen (secondary N) is 1. The van der Waals surface area contributed by atoms with Crippen molar-refractivity contribution in [3.05, 3.63) is 59.7 Å². The van der Waals surface area contributed by atoms with E-state index < -0.39 is 0 Å². The van der Waals surface area contributed by atoms with Crippen LogP contribution in [0.5, 0.6) is 0 Å². The summed E-state index contributed by atoms with van der Waals surface area (Å²) in [6.07, 6.45) is 3.48. The molecule has 166 valence electrons. The van der Waals surface area contributed by atoms with E-state index in [9.17, 15) is 8.78 Å². The highest BCUT2D eigenvalue weighted by Crippen LogP contribution is 2.48. The first-order valence-corrected chi connectivity index (χ1v) is 11.7. The van der Waals surface area contributed by atoms with Crippen LogP contribution in [0.4, 0.5) is 20.2 Å². The van der Waals surface area contributed by atoms with Crippen molar-refractivity contribution >= 4 is 11.4 Å². The molecule has 0 aromatic heterocycles. The molecule has 5 rings (SSSR count). The maximum Gasteiger partial charge on any atom is 0.123 e. The van der Waals surface area contributed by atoms with Gasteiger partial charge in [-0.1, -0.05) is 0 Å². The second kappa shape index (κ2) is 9.23. The largest absolute Gasteiger partial charge is 0.337 e. The van der Waals surface area contributed by atoms with Crippen LogP contribution < -0.4 is 10.2 Å². The molecule has 0 radical (unpaired) electrons. The van der Waals surface area contributed by atoms with Gasteiger partial charge in [0.15, 0.2) is 0 Å². The minimum atomic E-state index is -0.227. The van der Waals surface area contributed by atoms with Crippen LogP contribution >= 0.6 is 0 Å². The van der Waals surface area contributed by atoms with Crippen LogP contribution in [0.25, 0.3) is 0 Å². The summed E-state index contributed by atoms with van der Waals surface area (Å²) in [6, 6.07) is 12.2. The molecule has 2 saturated heterocycles. The van der Waals surface area contributed by atoms with Gasteiger partial charge in [-0.25, -0.2) is 8.78 Å². The summed E-state index contributed by atoms with van der Waals surface area (Å²) in [5.41, 5.74) is 3.16. The number of piperazine rings is 1. The second-order valence-corrected chi connectivity index (χ2v) is 9.11. The Labute approximate surface area is 183 Å². The van der Waals surface area contributed by atoms with E-state index in [0.717, 1.165) is 69.2 Å². The number of piperidine rings is 1. The molecule has 1 N–H and O–H groups in total. The Morgan fingerprint density at radius 2 is 1.55 bits per heavy atom. The highest BCUT2D eigenvalue weighted by atomic mass is 19.1. The van der Waals surface area contributed by atoms with Crippen LogP contribution in [0, 0.1) is 11.6 Å². The molecule has 31 heavy (non-hydrogen) atoms. The molecule has 0 amide bonds. The molecule has 0 unspecified atom stereocenters. The maximum atomic E-state index is 14.1. The van der Waals surface area contributed by atoms with Gasteiger partial charge in [-0.15, -0.1) is 0 Å². The lowest BCUT2D eigenvalue weighted by Crippen LogP contribution is -2.45. The zero-order chi connectivity index (χ0) is 21.2. The third-order valence-electron chi connectivity index (χ3n) is 7.15. The Morgan fingerprint density at radius 1 is 0.839 bits per heavy atom. The number of fused-ring (bicyclic) bond motifs is 3. The van der Waals surface area contributed by atoms with E-state index in [1.54, 1.807) is 12.1 Å². The number of rotatable bonds is 6. The number of likely N-dealkylation sites (tertiary alicyclic amines) is 1. The van der Waals surface area contributed by atoms with Crippen molar-refractivity contribution in [2.45, 2.75) is 31.2 Å². The summed E-state index contributed by atoms with van der Waals surface area (Å²) in [6.45, 7) is 8.86. The van der Waals surface area contributed by atoms with Gasteiger partial charge in [-0.05, 0) is 80.4 Å². The lowest BCUT2D eigenvalue weighted by atomic mass is 9.89. The van der Waals surface area contributed by atoms with Crippen LogP contribution in [0.2, 0.25) is 0 Å². The molecule has 4 nitrogen and oxygen atoms in total. The van der Waals surface area contributed by atoms with Crippen LogP contribution in [-0.4, -0.2) is 68.2 Å². The Balaban J connectivity index is 1.25. The van der Waals surface area contributed by atoms with Gasteiger partial charge in [-0.2, -0.15) is 0 Å². The third-order valence-corrected chi connectivity index (χ3v) is 7.15. The van der Waals surface area contributed by atoms with Crippen LogP contribution in [-0.2, 0) is 0 Å². The normalized spacial score (nSPS) is 24.3. The van der Waals surface area contributed by atoms with Crippen molar-refractivity contribution in [3.8, 4) is 0 Å². The highest BCUT2D eigenvalue weighted by Gasteiger charge is 2.42. The number of hydrogen-bond donors (Lipinski definition) is 1. The highest BCUT2D eigenvalue weighted by molar-refractivity contribution is 5.73. The molecule has 0 aliphatic carbocycles. The quantitative estimate of drug-likeness (QED) is 0.706. The molecular formula is C25H32F2N4. The molecule has 2 aromatic carbocycles. The third kappa shape index (κ3) is 4.47. The molecule has 6 heteroatoms. The first kappa shape index (κ1) is 20.9. The summed E-state index contributed by atoms with van der Waals surface area (Å²) < 4.78 is 27.6. The van der Waals surface area contributed by atoms with E-state index in [4.69, 9.17) is 0 Å². The van der Waals surface area contributed by atoms with Gasteiger partial charge in [0.2, 0.25) is 0 Å². The fourth-order valence-corrected chi connectivity index (χ4v) is 5.58. The second-order valence-electron chi connectivity index (χ2n) is 9.11. The molecule has 3 aliphatic heterocycles. The SMILES string of the molecule is Fc1ccc(N2c3ccc(F)cc3[C@@H]3CN(CCCCN4CCNCC4)CC[C@H]32)cc1. The van der Waals surface area contributed by atoms with Crippen molar-refractivity contribution in [2.75, 3.05) is 57.3 Å². The molecule has 0 bridgehead atoms. The van der Waals surface area contributed by atoms with Gasteiger partial charge in [-0.3, -0.25) is 0 Å². The zero-order valence-electron chi connectivity index (χ0n) is 18.1. The van der Waals surface area contributed by atoms with Crippen LogP contribution in [0.1, 0.15) is 30.7 Å². The van der Waals surface area contributed by atoms with Crippen molar-refractivity contribution in [1.82, 2.24) is 15.1 Å². The van der Waals surface area contributed by atoms with E-state index in [1.807, 2.05) is 18.2 Å². The summed E-state index contributed by atoms with van der Waals surface area (Å²) in [5, 5.41) is 3.41. The predicted octanol–water partition coefficient (Wildman–Crippen LogP) is 3.96. The predicted molar refractivity (Wildman–Crippen MR) is 121 cm³/mol. The van der Waals surface area contributed by atoms with E-state index >= 15 is 0 Å². The lowest BCUT2D eigenvalue weighted by molar-refractivity contribution is 0.185. The smallest absolute Gasteiger partial charge is 0.123 e. The number of anilines is 2. The maximum absolute atomic E-state index is 14.1. The Hall–Kier alpha value is -2.02. The van der Waals surface area contributed by atoms with Gasteiger partial charge in [0.05, 0.1) is 0 Å². The van der Waals surface area contributed by atoms with Crippen molar-refractivity contribution in [2.24, 2.45) is 0 Å². The minimum absolute atomic E-state index is 0.174. The molecule has 0 spiro atoms. The number of unbranched alkanes of at least 4 members (excludes halogenated alkanes) is 1.